The van der Waals surface area contributed by atoms with Crippen LogP contribution in [-0.2, 0) is 16.0 Å². The van der Waals surface area contributed by atoms with Crippen molar-refractivity contribution >= 4 is 51.1 Å². The number of benzene rings is 2. The summed E-state index contributed by atoms with van der Waals surface area (Å²) in [4.78, 5) is 34.0. The monoisotopic (exact) mass is 565 g/mol. The third-order valence-electron chi connectivity index (χ3n) is 6.44. The van der Waals surface area contributed by atoms with Gasteiger partial charge in [0.1, 0.15) is 5.60 Å². The smallest absolute Gasteiger partial charge is 0.412 e. The van der Waals surface area contributed by atoms with Crippen LogP contribution < -0.4 is 10.6 Å². The van der Waals surface area contributed by atoms with E-state index in [0.717, 1.165) is 67.3 Å². The first-order chi connectivity index (χ1) is 19.2. The molecule has 214 valence electrons. The summed E-state index contributed by atoms with van der Waals surface area (Å²) in [6.45, 7) is 12.7. The first-order valence-corrected chi connectivity index (χ1v) is 14.8. The summed E-state index contributed by atoms with van der Waals surface area (Å²) in [5.74, 6) is -0.292. The molecule has 1 aliphatic rings. The topological polar surface area (TPSA) is 97.7 Å². The van der Waals surface area contributed by atoms with Crippen LogP contribution in [0.3, 0.4) is 0 Å². The summed E-state index contributed by atoms with van der Waals surface area (Å²) < 4.78 is 13.0. The van der Waals surface area contributed by atoms with Gasteiger partial charge in [-0.05, 0) is 69.3 Å². The largest absolute Gasteiger partial charge is 0.444 e. The Bertz CT molecular complexity index is 1370. The number of amides is 2. The molecule has 0 bridgehead atoms. The molecule has 2 aromatic carbocycles. The lowest BCUT2D eigenvalue weighted by Crippen LogP contribution is -2.38. The SMILES string of the molecule is CC/C=C(\SC)c1ccc(NC(=O)OC(C)(C)C)c(NC(=O)c2ccc3c(c2)ncn3CCN2CCOCC2)c1. The number of hydrogen-bond acceptors (Lipinski definition) is 7. The van der Waals surface area contributed by atoms with Crippen LogP contribution >= 0.6 is 11.8 Å². The summed E-state index contributed by atoms with van der Waals surface area (Å²) in [6.07, 6.45) is 6.27. The third kappa shape index (κ3) is 7.87. The van der Waals surface area contributed by atoms with Gasteiger partial charge in [-0.15, -0.1) is 11.8 Å². The van der Waals surface area contributed by atoms with Gasteiger partial charge < -0.3 is 19.4 Å². The molecular weight excluding hydrogens is 526 g/mol. The quantitative estimate of drug-likeness (QED) is 0.324. The van der Waals surface area contributed by atoms with Crippen molar-refractivity contribution in [1.82, 2.24) is 14.5 Å². The Morgan fingerprint density at radius 1 is 1.05 bits per heavy atom. The molecule has 0 unspecified atom stereocenters. The van der Waals surface area contributed by atoms with Crippen molar-refractivity contribution in [2.75, 3.05) is 49.7 Å². The minimum atomic E-state index is -0.648. The van der Waals surface area contributed by atoms with Gasteiger partial charge >= 0.3 is 6.09 Å². The second-order valence-corrected chi connectivity index (χ2v) is 11.5. The number of anilines is 2. The molecule has 2 N–H and O–H groups in total. The number of ether oxygens (including phenoxy) is 2. The normalized spacial score (nSPS) is 14.8. The molecule has 4 rings (SSSR count). The van der Waals surface area contributed by atoms with E-state index in [4.69, 9.17) is 9.47 Å². The summed E-state index contributed by atoms with van der Waals surface area (Å²) in [6, 6.07) is 11.1. The first-order valence-electron chi connectivity index (χ1n) is 13.6. The number of rotatable bonds is 9. The van der Waals surface area contributed by atoms with Crippen molar-refractivity contribution in [1.29, 1.82) is 0 Å². The zero-order valence-electron chi connectivity index (χ0n) is 24.0. The van der Waals surface area contributed by atoms with Crippen LogP contribution in [0.25, 0.3) is 15.9 Å². The third-order valence-corrected chi connectivity index (χ3v) is 7.28. The molecule has 1 aromatic heterocycles. The van der Waals surface area contributed by atoms with Crippen molar-refractivity contribution < 1.29 is 19.1 Å². The lowest BCUT2D eigenvalue weighted by Gasteiger charge is -2.26. The van der Waals surface area contributed by atoms with Crippen LogP contribution in [0.4, 0.5) is 16.2 Å². The summed E-state index contributed by atoms with van der Waals surface area (Å²) >= 11 is 1.63. The van der Waals surface area contributed by atoms with E-state index in [-0.39, 0.29) is 5.91 Å². The number of carbonyl (C=O) groups excluding carboxylic acids is 2. The van der Waals surface area contributed by atoms with E-state index >= 15 is 0 Å². The average molecular weight is 566 g/mol. The fraction of sp³-hybridized carbons (Fsp3) is 0.433. The Kier molecular flexibility index (Phi) is 9.89. The Hall–Kier alpha value is -3.34. The summed E-state index contributed by atoms with van der Waals surface area (Å²) in [5.41, 5.74) is 3.46. The van der Waals surface area contributed by atoms with E-state index in [1.165, 1.54) is 0 Å². The van der Waals surface area contributed by atoms with E-state index in [1.807, 2.05) is 30.8 Å². The minimum Gasteiger partial charge on any atom is -0.444 e. The molecule has 1 fully saturated rings. The van der Waals surface area contributed by atoms with Gasteiger partial charge in [0.05, 0.1) is 41.9 Å². The minimum absolute atomic E-state index is 0.292. The van der Waals surface area contributed by atoms with Gasteiger partial charge in [0.25, 0.3) is 5.91 Å². The zero-order chi connectivity index (χ0) is 28.7. The van der Waals surface area contributed by atoms with Crippen molar-refractivity contribution in [2.24, 2.45) is 0 Å². The van der Waals surface area contributed by atoms with Gasteiger partial charge in [0.2, 0.25) is 0 Å². The lowest BCUT2D eigenvalue weighted by molar-refractivity contribution is 0.0365. The predicted octanol–water partition coefficient (Wildman–Crippen LogP) is 6.08. The molecular formula is C30H39N5O4S. The highest BCUT2D eigenvalue weighted by atomic mass is 32.2. The number of nitrogens with zero attached hydrogens (tertiary/aromatic N) is 3. The number of morpholine rings is 1. The molecule has 1 saturated heterocycles. The molecule has 0 radical (unpaired) electrons. The van der Waals surface area contributed by atoms with E-state index in [2.05, 4.69) is 38.1 Å². The maximum absolute atomic E-state index is 13.4. The fourth-order valence-corrected chi connectivity index (χ4v) is 5.18. The number of hydrogen-bond donors (Lipinski definition) is 2. The van der Waals surface area contributed by atoms with Crippen LogP contribution in [0.15, 0.2) is 48.8 Å². The number of nitrogens with one attached hydrogen (secondary N) is 2. The van der Waals surface area contributed by atoms with Crippen molar-refractivity contribution in [2.45, 2.75) is 46.3 Å². The number of allylic oxidation sites excluding steroid dienone is 1. The van der Waals surface area contributed by atoms with Crippen LogP contribution in [0.1, 0.15) is 50.0 Å². The Balaban J connectivity index is 1.54. The van der Waals surface area contributed by atoms with Crippen LogP contribution in [0.2, 0.25) is 0 Å². The molecule has 0 aliphatic carbocycles. The van der Waals surface area contributed by atoms with Gasteiger partial charge in [-0.3, -0.25) is 15.0 Å². The molecule has 2 heterocycles. The first kappa shape index (κ1) is 29.6. The maximum Gasteiger partial charge on any atom is 0.412 e. The number of thioether (sulfide) groups is 1. The highest BCUT2D eigenvalue weighted by Gasteiger charge is 2.19. The molecule has 40 heavy (non-hydrogen) atoms. The standard InChI is InChI=1S/C30H39N5O4S/c1-6-7-27(40-5)21-8-10-23(33-29(37)39-30(2,3)4)24(18-21)32-28(36)22-9-11-26-25(19-22)31-20-35(26)13-12-34-14-16-38-17-15-34/h7-11,18-20H,6,12-17H2,1-5H3,(H,32,36)(H,33,37)/b27-7-. The van der Waals surface area contributed by atoms with Gasteiger partial charge in [0.15, 0.2) is 0 Å². The predicted molar refractivity (Wildman–Crippen MR) is 163 cm³/mol. The second kappa shape index (κ2) is 13.3. The Morgan fingerprint density at radius 2 is 1.80 bits per heavy atom. The average Bonchev–Trinajstić information content (AvgIpc) is 3.33. The van der Waals surface area contributed by atoms with Crippen molar-refractivity contribution in [3.05, 3.63) is 59.9 Å². The molecule has 1 aliphatic heterocycles. The molecule has 3 aromatic rings. The summed E-state index contributed by atoms with van der Waals surface area (Å²) in [5, 5.41) is 5.78. The van der Waals surface area contributed by atoms with E-state index in [0.29, 0.717) is 16.9 Å². The molecule has 9 nitrogen and oxygen atoms in total. The van der Waals surface area contributed by atoms with Crippen LogP contribution in [0.5, 0.6) is 0 Å². The van der Waals surface area contributed by atoms with Gasteiger partial charge in [0, 0.05) is 36.6 Å². The molecule has 2 amide bonds. The number of imidazole rings is 1. The van der Waals surface area contributed by atoms with E-state index in [9.17, 15) is 9.59 Å². The number of aromatic nitrogens is 2. The van der Waals surface area contributed by atoms with Gasteiger partial charge in [-0.1, -0.05) is 19.1 Å². The number of fused-ring (bicyclic) bond motifs is 1. The highest BCUT2D eigenvalue weighted by Crippen LogP contribution is 2.32. The van der Waals surface area contributed by atoms with Gasteiger partial charge in [-0.2, -0.15) is 0 Å². The lowest BCUT2D eigenvalue weighted by atomic mass is 10.1. The highest BCUT2D eigenvalue weighted by molar-refractivity contribution is 8.07. The summed E-state index contributed by atoms with van der Waals surface area (Å²) in [7, 11) is 0. The Labute approximate surface area is 240 Å². The maximum atomic E-state index is 13.4. The fourth-order valence-electron chi connectivity index (χ4n) is 4.48. The van der Waals surface area contributed by atoms with Gasteiger partial charge in [-0.25, -0.2) is 9.78 Å². The molecule has 10 heteroatoms. The van der Waals surface area contributed by atoms with Crippen LogP contribution in [0, 0.1) is 0 Å². The van der Waals surface area contributed by atoms with Crippen molar-refractivity contribution in [3.63, 3.8) is 0 Å². The number of carbonyl (C=O) groups is 2. The molecule has 0 atom stereocenters. The van der Waals surface area contributed by atoms with Crippen LogP contribution in [-0.4, -0.2) is 71.2 Å². The Morgan fingerprint density at radius 3 is 2.50 bits per heavy atom. The van der Waals surface area contributed by atoms with E-state index in [1.54, 1.807) is 50.7 Å². The van der Waals surface area contributed by atoms with Crippen molar-refractivity contribution in [3.8, 4) is 0 Å². The van der Waals surface area contributed by atoms with E-state index < -0.39 is 11.7 Å². The molecule has 0 saturated carbocycles. The zero-order valence-corrected chi connectivity index (χ0v) is 24.8. The molecule has 0 spiro atoms. The second-order valence-electron chi connectivity index (χ2n) is 10.6.